The molecule has 38 heavy (non-hydrogen) atoms. The molecule has 0 bridgehead atoms. The molecule has 1 unspecified atom stereocenters. The van der Waals surface area contributed by atoms with Crippen molar-refractivity contribution in [2.45, 2.75) is 32.9 Å². The van der Waals surface area contributed by atoms with Crippen LogP contribution >= 0.6 is 11.3 Å². The molecule has 1 atom stereocenters. The zero-order valence-electron chi connectivity index (χ0n) is 21.8. The van der Waals surface area contributed by atoms with Crippen LogP contribution in [0.1, 0.15) is 52.1 Å². The van der Waals surface area contributed by atoms with Crippen molar-refractivity contribution in [3.63, 3.8) is 0 Å². The summed E-state index contributed by atoms with van der Waals surface area (Å²) in [5.74, 6) is 0.627. The third-order valence-electron chi connectivity index (χ3n) is 6.82. The molecular weight excluding hydrogens is 494 g/mol. The van der Waals surface area contributed by atoms with Gasteiger partial charge in [0.25, 0.3) is 5.91 Å². The van der Waals surface area contributed by atoms with Gasteiger partial charge in [0.1, 0.15) is 23.1 Å². The second-order valence-corrected chi connectivity index (χ2v) is 10.7. The van der Waals surface area contributed by atoms with Crippen LogP contribution < -0.4 is 9.64 Å². The van der Waals surface area contributed by atoms with Crippen molar-refractivity contribution in [1.29, 1.82) is 0 Å². The van der Waals surface area contributed by atoms with Crippen molar-refractivity contribution in [1.82, 2.24) is 9.88 Å². The van der Waals surface area contributed by atoms with Gasteiger partial charge in [0.2, 0.25) is 5.91 Å². The number of ether oxygens (including phenoxy) is 1. The molecule has 194 valence electrons. The molecule has 6 nitrogen and oxygen atoms in total. The van der Waals surface area contributed by atoms with E-state index in [1.807, 2.05) is 73.3 Å². The zero-order chi connectivity index (χ0) is 26.6. The molecule has 1 aromatic heterocycles. The van der Waals surface area contributed by atoms with Gasteiger partial charge in [-0.15, -0.1) is 11.3 Å². The SMILES string of the molecule is CC(C)C(=O)N1CCc2ccc(OCc3nc(C(=O)N(C)c4ccccc4)cs3)cc2C1c1ccccc1. The molecule has 0 spiro atoms. The van der Waals surface area contributed by atoms with E-state index in [1.165, 1.54) is 16.9 Å². The number of carbonyl (C=O) groups excluding carboxylic acids is 2. The maximum atomic E-state index is 13.1. The molecule has 2 heterocycles. The highest BCUT2D eigenvalue weighted by Gasteiger charge is 2.33. The lowest BCUT2D eigenvalue weighted by Crippen LogP contribution is -2.42. The van der Waals surface area contributed by atoms with Gasteiger partial charge < -0.3 is 14.5 Å². The van der Waals surface area contributed by atoms with Gasteiger partial charge in [-0.05, 0) is 47.4 Å². The predicted octanol–water partition coefficient (Wildman–Crippen LogP) is 6.13. The number of anilines is 1. The fraction of sp³-hybridized carbons (Fsp3) is 0.258. The Morgan fingerprint density at radius 2 is 1.76 bits per heavy atom. The average Bonchev–Trinajstić information content (AvgIpc) is 3.44. The van der Waals surface area contributed by atoms with Crippen LogP contribution in [0.15, 0.2) is 84.2 Å². The standard InChI is InChI=1S/C31H31N3O3S/c1-21(2)30(35)34-17-16-22-14-15-25(18-26(22)29(34)23-10-6-4-7-11-23)37-19-28-32-27(20-38-28)31(36)33(3)24-12-8-5-9-13-24/h4-15,18,20-21,29H,16-17,19H2,1-3H3. The van der Waals surface area contributed by atoms with Crippen LogP contribution in [-0.2, 0) is 17.8 Å². The first-order chi connectivity index (χ1) is 18.4. The summed E-state index contributed by atoms with van der Waals surface area (Å²) in [6.45, 7) is 4.85. The summed E-state index contributed by atoms with van der Waals surface area (Å²) in [7, 11) is 1.75. The fourth-order valence-corrected chi connectivity index (χ4v) is 5.49. The Balaban J connectivity index is 1.34. The molecule has 0 fully saturated rings. The van der Waals surface area contributed by atoms with Gasteiger partial charge in [0.15, 0.2) is 0 Å². The maximum Gasteiger partial charge on any atom is 0.277 e. The number of hydrogen-bond acceptors (Lipinski definition) is 5. The van der Waals surface area contributed by atoms with E-state index in [0.717, 1.165) is 28.2 Å². The maximum absolute atomic E-state index is 13.1. The summed E-state index contributed by atoms with van der Waals surface area (Å²) in [5.41, 5.74) is 4.62. The number of para-hydroxylation sites is 1. The van der Waals surface area contributed by atoms with E-state index >= 15 is 0 Å². The Hall–Kier alpha value is -3.97. The van der Waals surface area contributed by atoms with Crippen LogP contribution in [0, 0.1) is 5.92 Å². The molecule has 7 heteroatoms. The molecule has 1 aliphatic rings. The minimum atomic E-state index is -0.159. The van der Waals surface area contributed by atoms with E-state index in [1.54, 1.807) is 17.3 Å². The first-order valence-electron chi connectivity index (χ1n) is 12.8. The summed E-state index contributed by atoms with van der Waals surface area (Å²) in [6, 6.07) is 25.6. The van der Waals surface area contributed by atoms with E-state index in [2.05, 4.69) is 29.2 Å². The molecule has 0 aliphatic carbocycles. The van der Waals surface area contributed by atoms with Crippen molar-refractivity contribution < 1.29 is 14.3 Å². The number of rotatable bonds is 7. The van der Waals surface area contributed by atoms with E-state index in [4.69, 9.17) is 4.74 Å². The monoisotopic (exact) mass is 525 g/mol. The van der Waals surface area contributed by atoms with E-state index < -0.39 is 0 Å². The van der Waals surface area contributed by atoms with Crippen LogP contribution in [0.2, 0.25) is 0 Å². The summed E-state index contributed by atoms with van der Waals surface area (Å²) in [4.78, 5) is 34.1. The number of fused-ring (bicyclic) bond motifs is 1. The lowest BCUT2D eigenvalue weighted by Gasteiger charge is -2.39. The summed E-state index contributed by atoms with van der Waals surface area (Å²) >= 11 is 1.41. The van der Waals surface area contributed by atoms with Crippen LogP contribution in [-0.4, -0.2) is 35.3 Å². The molecule has 0 saturated heterocycles. The molecule has 0 radical (unpaired) electrons. The topological polar surface area (TPSA) is 62.7 Å². The van der Waals surface area contributed by atoms with Gasteiger partial charge >= 0.3 is 0 Å². The highest BCUT2D eigenvalue weighted by Crippen LogP contribution is 2.38. The van der Waals surface area contributed by atoms with Crippen molar-refractivity contribution in [2.24, 2.45) is 5.92 Å². The molecule has 2 amide bonds. The second-order valence-electron chi connectivity index (χ2n) is 9.73. The summed E-state index contributed by atoms with van der Waals surface area (Å²) in [6.07, 6.45) is 0.810. The third-order valence-corrected chi connectivity index (χ3v) is 7.64. The smallest absolute Gasteiger partial charge is 0.277 e. The van der Waals surface area contributed by atoms with Crippen molar-refractivity contribution >= 4 is 28.8 Å². The Labute approximate surface area is 227 Å². The number of nitrogens with zero attached hydrogens (tertiary/aromatic N) is 3. The summed E-state index contributed by atoms with van der Waals surface area (Å²) < 4.78 is 6.14. The molecular formula is C31H31N3O3S. The van der Waals surface area contributed by atoms with Gasteiger partial charge in [-0.1, -0.05) is 68.4 Å². The minimum Gasteiger partial charge on any atom is -0.486 e. The second kappa shape index (κ2) is 11.2. The van der Waals surface area contributed by atoms with Crippen LogP contribution in [0.4, 0.5) is 5.69 Å². The number of aromatic nitrogens is 1. The largest absolute Gasteiger partial charge is 0.486 e. The molecule has 0 saturated carbocycles. The van der Waals surface area contributed by atoms with Crippen LogP contribution in [0.3, 0.4) is 0 Å². The Morgan fingerprint density at radius 1 is 1.05 bits per heavy atom. The molecule has 5 rings (SSSR count). The fourth-order valence-electron chi connectivity index (χ4n) is 4.81. The van der Waals surface area contributed by atoms with Crippen molar-refractivity contribution in [2.75, 3.05) is 18.5 Å². The Morgan fingerprint density at radius 3 is 2.47 bits per heavy atom. The molecule has 3 aromatic carbocycles. The molecule has 1 aliphatic heterocycles. The number of benzene rings is 3. The van der Waals surface area contributed by atoms with Crippen molar-refractivity contribution in [3.8, 4) is 5.75 Å². The average molecular weight is 526 g/mol. The first kappa shape index (κ1) is 25.7. The highest BCUT2D eigenvalue weighted by molar-refractivity contribution is 7.09. The number of thiazole rings is 1. The van der Waals surface area contributed by atoms with Crippen molar-refractivity contribution in [3.05, 3.63) is 112 Å². The first-order valence-corrected chi connectivity index (χ1v) is 13.7. The molecule has 0 N–H and O–H groups in total. The predicted molar refractivity (Wildman–Crippen MR) is 151 cm³/mol. The van der Waals surface area contributed by atoms with Gasteiger partial charge in [-0.3, -0.25) is 9.59 Å². The molecule has 4 aromatic rings. The van der Waals surface area contributed by atoms with Crippen LogP contribution in [0.25, 0.3) is 0 Å². The Bertz CT molecular complexity index is 1420. The lowest BCUT2D eigenvalue weighted by molar-refractivity contribution is -0.136. The number of hydrogen-bond donors (Lipinski definition) is 0. The van der Waals surface area contributed by atoms with Gasteiger partial charge in [0.05, 0.1) is 6.04 Å². The normalized spacial score (nSPS) is 14.7. The minimum absolute atomic E-state index is 0.0788. The van der Waals surface area contributed by atoms with Gasteiger partial charge in [0, 0.05) is 30.6 Å². The van der Waals surface area contributed by atoms with E-state index in [9.17, 15) is 9.59 Å². The quantitative estimate of drug-likeness (QED) is 0.291. The summed E-state index contributed by atoms with van der Waals surface area (Å²) in [5, 5.41) is 2.50. The highest BCUT2D eigenvalue weighted by atomic mass is 32.1. The van der Waals surface area contributed by atoms with Gasteiger partial charge in [-0.2, -0.15) is 0 Å². The van der Waals surface area contributed by atoms with Crippen LogP contribution in [0.5, 0.6) is 5.75 Å². The van der Waals surface area contributed by atoms with E-state index in [-0.39, 0.29) is 30.4 Å². The third kappa shape index (κ3) is 5.34. The van der Waals surface area contributed by atoms with E-state index in [0.29, 0.717) is 18.0 Å². The lowest BCUT2D eigenvalue weighted by atomic mass is 9.87. The van der Waals surface area contributed by atoms with Gasteiger partial charge in [-0.25, -0.2) is 4.98 Å². The number of carbonyl (C=O) groups is 2. The number of amides is 2. The Kier molecular flexibility index (Phi) is 7.56. The zero-order valence-corrected chi connectivity index (χ0v) is 22.7.